The summed E-state index contributed by atoms with van der Waals surface area (Å²) < 4.78 is 1.68. The van der Waals surface area contributed by atoms with Crippen LogP contribution < -0.4 is 11.3 Å². The lowest BCUT2D eigenvalue weighted by molar-refractivity contribution is 0.770. The smallest absolute Gasteiger partial charge is 0.290 e. The number of rotatable bonds is 2. The van der Waals surface area contributed by atoms with Crippen molar-refractivity contribution in [3.8, 4) is 22.6 Å². The Bertz CT molecular complexity index is 1160. The van der Waals surface area contributed by atoms with Gasteiger partial charge in [0.05, 0.1) is 11.2 Å². The molecule has 0 spiro atoms. The van der Waals surface area contributed by atoms with Gasteiger partial charge in [0, 0.05) is 30.4 Å². The summed E-state index contributed by atoms with van der Waals surface area (Å²) in [5.41, 5.74) is 9.91. The molecule has 0 radical (unpaired) electrons. The minimum absolute atomic E-state index is 0.0805. The number of nitrogens with two attached hydrogens (primary N) is 1. The number of aryl methyl sites for hydroxylation is 2. The lowest BCUT2D eigenvalue weighted by Gasteiger charge is -2.09. The number of benzene rings is 1. The van der Waals surface area contributed by atoms with E-state index in [1.807, 2.05) is 50.5 Å². The number of aromatic nitrogens is 5. The van der Waals surface area contributed by atoms with Crippen LogP contribution in [0.3, 0.4) is 0 Å². The molecule has 7 heteroatoms. The zero-order chi connectivity index (χ0) is 17.6. The first-order valence-corrected chi connectivity index (χ1v) is 7.78. The maximum Gasteiger partial charge on any atom is 0.290 e. The molecule has 1 aromatic carbocycles. The van der Waals surface area contributed by atoms with Gasteiger partial charge < -0.3 is 10.7 Å². The van der Waals surface area contributed by atoms with E-state index < -0.39 is 5.56 Å². The van der Waals surface area contributed by atoms with Crippen LogP contribution >= 0.6 is 0 Å². The van der Waals surface area contributed by atoms with Crippen LogP contribution in [-0.2, 0) is 7.05 Å². The molecule has 0 amide bonds. The maximum atomic E-state index is 12.1. The second kappa shape index (κ2) is 5.55. The van der Waals surface area contributed by atoms with Gasteiger partial charge in [-0.1, -0.05) is 6.07 Å². The van der Waals surface area contributed by atoms with Gasteiger partial charge in [-0.3, -0.25) is 14.5 Å². The molecule has 0 saturated heterocycles. The highest BCUT2D eigenvalue weighted by Crippen LogP contribution is 2.30. The van der Waals surface area contributed by atoms with Gasteiger partial charge in [0.1, 0.15) is 11.4 Å². The summed E-state index contributed by atoms with van der Waals surface area (Å²) in [5, 5.41) is 5.40. The number of nitrogens with zero attached hydrogens (tertiary/aromatic N) is 4. The van der Waals surface area contributed by atoms with Gasteiger partial charge in [-0.2, -0.15) is 5.10 Å². The monoisotopic (exact) mass is 332 g/mol. The molecule has 4 rings (SSSR count). The first-order valence-electron chi connectivity index (χ1n) is 7.78. The number of fused-ring (bicyclic) bond motifs is 1. The molecule has 4 aromatic rings. The molecule has 7 nitrogen and oxygen atoms in total. The molecule has 0 saturated carbocycles. The van der Waals surface area contributed by atoms with Gasteiger partial charge in [-0.25, -0.2) is 4.98 Å². The van der Waals surface area contributed by atoms with Gasteiger partial charge in [0.25, 0.3) is 5.56 Å². The molecule has 3 heterocycles. The Hall–Kier alpha value is -3.48. The zero-order valence-electron chi connectivity index (χ0n) is 13.8. The van der Waals surface area contributed by atoms with Crippen LogP contribution in [0.15, 0.2) is 47.5 Å². The highest BCUT2D eigenvalue weighted by atomic mass is 16.1. The fourth-order valence-corrected chi connectivity index (χ4v) is 2.84. The SMILES string of the molecule is Cc1ccnc2ccc(-c3[nH]c(=O)c(N)nc3-c3ccn(C)n3)cc12. The van der Waals surface area contributed by atoms with E-state index in [4.69, 9.17) is 5.73 Å². The fraction of sp³-hybridized carbons (Fsp3) is 0.111. The minimum Gasteiger partial charge on any atom is -0.379 e. The van der Waals surface area contributed by atoms with E-state index in [1.165, 1.54) is 0 Å². The lowest BCUT2D eigenvalue weighted by Crippen LogP contribution is -2.16. The molecule has 0 aliphatic rings. The second-order valence-electron chi connectivity index (χ2n) is 5.91. The summed E-state index contributed by atoms with van der Waals surface area (Å²) in [7, 11) is 1.82. The molecule has 0 atom stereocenters. The minimum atomic E-state index is -0.419. The largest absolute Gasteiger partial charge is 0.379 e. The summed E-state index contributed by atoms with van der Waals surface area (Å²) in [4.78, 5) is 23.5. The average Bonchev–Trinajstić information content (AvgIpc) is 3.03. The van der Waals surface area contributed by atoms with E-state index in [0.29, 0.717) is 17.1 Å². The standard InChI is InChI=1S/C18H16N6O/c1-10-5-7-20-13-4-3-11(9-12(10)13)15-16(14-6-8-24(2)23-14)21-17(19)18(25)22-15/h3-9H,1-2H3,(H2,19,21)(H,22,25). The van der Waals surface area contributed by atoms with Crippen LogP contribution in [0.4, 0.5) is 5.82 Å². The lowest BCUT2D eigenvalue weighted by atomic mass is 10.0. The van der Waals surface area contributed by atoms with Crippen LogP contribution in [0.25, 0.3) is 33.5 Å². The third-order valence-corrected chi connectivity index (χ3v) is 4.14. The first-order chi connectivity index (χ1) is 12.0. The predicted octanol–water partition coefficient (Wildman–Crippen LogP) is 2.28. The molecular formula is C18H16N6O. The number of hydrogen-bond acceptors (Lipinski definition) is 5. The molecule has 0 fully saturated rings. The Morgan fingerprint density at radius 1 is 1.20 bits per heavy atom. The van der Waals surface area contributed by atoms with Crippen LogP contribution in [0, 0.1) is 6.92 Å². The predicted molar refractivity (Wildman–Crippen MR) is 96.9 cm³/mol. The third-order valence-electron chi connectivity index (χ3n) is 4.14. The van der Waals surface area contributed by atoms with Crippen LogP contribution in [0.2, 0.25) is 0 Å². The number of anilines is 1. The maximum absolute atomic E-state index is 12.1. The van der Waals surface area contributed by atoms with Gasteiger partial charge in [0.15, 0.2) is 5.82 Å². The highest BCUT2D eigenvalue weighted by Gasteiger charge is 2.15. The Balaban J connectivity index is 2.00. The third kappa shape index (κ3) is 2.55. The van der Waals surface area contributed by atoms with Gasteiger partial charge in [-0.15, -0.1) is 0 Å². The second-order valence-corrected chi connectivity index (χ2v) is 5.91. The van der Waals surface area contributed by atoms with E-state index in [-0.39, 0.29) is 5.82 Å². The van der Waals surface area contributed by atoms with Crippen molar-refractivity contribution in [3.05, 3.63) is 58.6 Å². The number of aromatic amines is 1. The summed E-state index contributed by atoms with van der Waals surface area (Å²) in [6, 6.07) is 9.61. The molecule has 25 heavy (non-hydrogen) atoms. The van der Waals surface area contributed by atoms with Crippen LogP contribution in [0.5, 0.6) is 0 Å². The van der Waals surface area contributed by atoms with Gasteiger partial charge in [0.2, 0.25) is 0 Å². The number of nitrogens with one attached hydrogen (secondary N) is 1. The number of pyridine rings is 1. The molecule has 3 aromatic heterocycles. The highest BCUT2D eigenvalue weighted by molar-refractivity contribution is 5.88. The van der Waals surface area contributed by atoms with Crippen molar-refractivity contribution in [3.63, 3.8) is 0 Å². The van der Waals surface area contributed by atoms with Crippen molar-refractivity contribution in [2.75, 3.05) is 5.73 Å². The summed E-state index contributed by atoms with van der Waals surface area (Å²) in [6.45, 7) is 2.03. The number of H-pyrrole nitrogens is 1. The summed E-state index contributed by atoms with van der Waals surface area (Å²) in [6.07, 6.45) is 3.60. The van der Waals surface area contributed by atoms with Crippen molar-refractivity contribution >= 4 is 16.7 Å². The van der Waals surface area contributed by atoms with E-state index in [1.54, 1.807) is 10.9 Å². The Morgan fingerprint density at radius 3 is 2.80 bits per heavy atom. The van der Waals surface area contributed by atoms with Crippen molar-refractivity contribution < 1.29 is 0 Å². The van der Waals surface area contributed by atoms with Gasteiger partial charge >= 0.3 is 0 Å². The van der Waals surface area contributed by atoms with E-state index in [2.05, 4.69) is 20.1 Å². The topological polar surface area (TPSA) is 102 Å². The van der Waals surface area contributed by atoms with E-state index >= 15 is 0 Å². The van der Waals surface area contributed by atoms with Crippen LogP contribution in [-0.4, -0.2) is 24.7 Å². The molecule has 0 aliphatic carbocycles. The van der Waals surface area contributed by atoms with Gasteiger partial charge in [-0.05, 0) is 36.8 Å². The molecular weight excluding hydrogens is 316 g/mol. The Labute approximate surface area is 143 Å². The molecule has 0 aliphatic heterocycles. The van der Waals surface area contributed by atoms with E-state index in [0.717, 1.165) is 22.0 Å². The number of nitrogen functional groups attached to an aromatic ring is 1. The van der Waals surface area contributed by atoms with E-state index in [9.17, 15) is 4.79 Å². The van der Waals surface area contributed by atoms with Crippen molar-refractivity contribution in [2.45, 2.75) is 6.92 Å². The fourth-order valence-electron chi connectivity index (χ4n) is 2.84. The summed E-state index contributed by atoms with van der Waals surface area (Å²) in [5.74, 6) is -0.0805. The number of hydrogen-bond donors (Lipinski definition) is 2. The quantitative estimate of drug-likeness (QED) is 0.586. The summed E-state index contributed by atoms with van der Waals surface area (Å²) >= 11 is 0. The zero-order valence-corrected chi connectivity index (χ0v) is 13.8. The van der Waals surface area contributed by atoms with Crippen LogP contribution in [0.1, 0.15) is 5.56 Å². The molecule has 0 unspecified atom stereocenters. The molecule has 124 valence electrons. The first kappa shape index (κ1) is 15.1. The normalized spacial score (nSPS) is 11.1. The molecule has 0 bridgehead atoms. The van der Waals surface area contributed by atoms with Crippen molar-refractivity contribution in [1.82, 2.24) is 24.7 Å². The van der Waals surface area contributed by atoms with Crippen molar-refractivity contribution in [1.29, 1.82) is 0 Å². The average molecular weight is 332 g/mol. The van der Waals surface area contributed by atoms with Crippen molar-refractivity contribution in [2.24, 2.45) is 7.05 Å². The Morgan fingerprint density at radius 2 is 2.04 bits per heavy atom. The Kier molecular flexibility index (Phi) is 3.35. The molecule has 3 N–H and O–H groups in total.